The molecule has 1 aromatic carbocycles. The number of esters is 1. The van der Waals surface area contributed by atoms with Crippen LogP contribution in [0.3, 0.4) is 0 Å². The highest BCUT2D eigenvalue weighted by Crippen LogP contribution is 2.26. The van der Waals surface area contributed by atoms with Gasteiger partial charge in [0.05, 0.1) is 12.4 Å². The molecule has 2 aliphatic heterocycles. The molecule has 5 heteroatoms. The van der Waals surface area contributed by atoms with Crippen LogP contribution in [0.2, 0.25) is 0 Å². The Hall–Kier alpha value is -2.56. The minimum atomic E-state index is -0.491. The molecule has 2 heterocycles. The van der Waals surface area contributed by atoms with E-state index in [9.17, 15) is 14.3 Å². The lowest BCUT2D eigenvalue weighted by atomic mass is 9.98. The maximum atomic E-state index is 14.7. The first-order valence-electron chi connectivity index (χ1n) is 7.09. The predicted molar refractivity (Wildman–Crippen MR) is 77.1 cm³/mol. The highest BCUT2D eigenvalue weighted by molar-refractivity contribution is 5.92. The molecule has 0 unspecified atom stereocenters. The average molecular weight is 300 g/mol. The van der Waals surface area contributed by atoms with E-state index in [1.807, 2.05) is 6.08 Å². The monoisotopic (exact) mass is 300 g/mol. The number of benzene rings is 1. The van der Waals surface area contributed by atoms with Crippen molar-refractivity contribution in [1.82, 2.24) is 0 Å². The smallest absolute Gasteiger partial charge is 0.331 e. The van der Waals surface area contributed by atoms with Gasteiger partial charge in [-0.25, -0.2) is 9.18 Å². The molecule has 0 atom stereocenters. The van der Waals surface area contributed by atoms with Gasteiger partial charge >= 0.3 is 5.97 Å². The summed E-state index contributed by atoms with van der Waals surface area (Å²) in [5, 5.41) is 11.2. The van der Waals surface area contributed by atoms with Gasteiger partial charge in [-0.1, -0.05) is 6.08 Å². The van der Waals surface area contributed by atoms with Crippen LogP contribution in [0.5, 0.6) is 5.75 Å². The quantitative estimate of drug-likeness (QED) is 0.727. The Bertz CT molecular complexity index is 877. The third-order valence-corrected chi connectivity index (χ3v) is 4.05. The molecule has 1 aromatic rings. The van der Waals surface area contributed by atoms with Crippen LogP contribution in [0, 0.1) is 5.82 Å². The van der Waals surface area contributed by atoms with E-state index in [4.69, 9.17) is 9.47 Å². The number of ether oxygens (including phenoxy) is 2. The summed E-state index contributed by atoms with van der Waals surface area (Å²) >= 11 is 0. The number of rotatable bonds is 0. The first-order valence-corrected chi connectivity index (χ1v) is 7.09. The van der Waals surface area contributed by atoms with Crippen LogP contribution in [0.25, 0.3) is 11.6 Å². The number of hydrogen-bond acceptors (Lipinski definition) is 4. The highest BCUT2D eigenvalue weighted by Gasteiger charge is 2.25. The Morgan fingerprint density at radius 2 is 2.09 bits per heavy atom. The van der Waals surface area contributed by atoms with Crippen LogP contribution in [-0.4, -0.2) is 24.3 Å². The molecule has 1 N–H and O–H groups in total. The van der Waals surface area contributed by atoms with Gasteiger partial charge in [0.1, 0.15) is 18.2 Å². The summed E-state index contributed by atoms with van der Waals surface area (Å²) < 4.78 is 25.4. The number of halogens is 1. The van der Waals surface area contributed by atoms with Gasteiger partial charge in [-0.05, 0) is 17.7 Å². The summed E-state index contributed by atoms with van der Waals surface area (Å²) in [6.45, 7) is 0.517. The van der Waals surface area contributed by atoms with Gasteiger partial charge in [-0.2, -0.15) is 0 Å². The molecule has 0 saturated carbocycles. The van der Waals surface area contributed by atoms with Crippen molar-refractivity contribution in [3.05, 3.63) is 51.4 Å². The third-order valence-electron chi connectivity index (χ3n) is 4.05. The maximum absolute atomic E-state index is 14.7. The molecule has 4 nitrogen and oxygen atoms in total. The molecule has 0 bridgehead atoms. The van der Waals surface area contributed by atoms with Crippen molar-refractivity contribution in [2.45, 2.75) is 12.8 Å². The van der Waals surface area contributed by atoms with Crippen molar-refractivity contribution in [2.75, 3.05) is 13.2 Å². The zero-order chi connectivity index (χ0) is 15.3. The number of hydrogen-bond donors (Lipinski definition) is 1. The molecule has 3 aliphatic rings. The van der Waals surface area contributed by atoms with Gasteiger partial charge in [0.25, 0.3) is 0 Å². The van der Waals surface area contributed by atoms with Crippen molar-refractivity contribution in [2.24, 2.45) is 0 Å². The van der Waals surface area contributed by atoms with Crippen molar-refractivity contribution >= 4 is 17.6 Å². The van der Waals surface area contributed by atoms with E-state index in [2.05, 4.69) is 0 Å². The van der Waals surface area contributed by atoms with E-state index in [1.54, 1.807) is 0 Å². The lowest BCUT2D eigenvalue weighted by molar-refractivity contribution is -0.136. The van der Waals surface area contributed by atoms with E-state index in [0.717, 1.165) is 6.42 Å². The number of cyclic esters (lactones) is 1. The highest BCUT2D eigenvalue weighted by atomic mass is 19.1. The van der Waals surface area contributed by atoms with Crippen molar-refractivity contribution in [3.8, 4) is 5.75 Å². The van der Waals surface area contributed by atoms with E-state index in [0.29, 0.717) is 39.5 Å². The second-order valence-electron chi connectivity index (χ2n) is 5.47. The van der Waals surface area contributed by atoms with Gasteiger partial charge in [-0.3, -0.25) is 0 Å². The van der Waals surface area contributed by atoms with Crippen LogP contribution in [0.4, 0.5) is 4.39 Å². The van der Waals surface area contributed by atoms with Gasteiger partial charge in [0, 0.05) is 40.5 Å². The fourth-order valence-electron chi connectivity index (χ4n) is 3.14. The van der Waals surface area contributed by atoms with Crippen LogP contribution < -0.4 is 15.2 Å². The van der Waals surface area contributed by atoms with E-state index < -0.39 is 11.8 Å². The van der Waals surface area contributed by atoms with Crippen LogP contribution >= 0.6 is 0 Å². The summed E-state index contributed by atoms with van der Waals surface area (Å²) in [7, 11) is 0. The van der Waals surface area contributed by atoms with Crippen molar-refractivity contribution < 1.29 is 23.8 Å². The van der Waals surface area contributed by atoms with Crippen LogP contribution in [0.1, 0.15) is 12.0 Å². The summed E-state index contributed by atoms with van der Waals surface area (Å²) in [5.74, 6) is -0.209. The summed E-state index contributed by atoms with van der Waals surface area (Å²) in [6, 6.07) is 1.44. The van der Waals surface area contributed by atoms with Gasteiger partial charge < -0.3 is 14.6 Å². The van der Waals surface area contributed by atoms with Gasteiger partial charge in [-0.15, -0.1) is 0 Å². The molecular formula is C17H13FO4. The Morgan fingerprint density at radius 3 is 2.95 bits per heavy atom. The zero-order valence-corrected chi connectivity index (χ0v) is 11.7. The van der Waals surface area contributed by atoms with Crippen molar-refractivity contribution in [3.63, 3.8) is 0 Å². The Kier molecular flexibility index (Phi) is 2.82. The molecule has 0 amide bonds. The molecule has 0 saturated heterocycles. The number of aliphatic hydroxyl groups is 1. The fourth-order valence-corrected chi connectivity index (χ4v) is 3.14. The predicted octanol–water partition coefficient (Wildman–Crippen LogP) is 1.02. The lowest BCUT2D eigenvalue weighted by Crippen LogP contribution is -2.29. The van der Waals surface area contributed by atoms with Gasteiger partial charge in [0.15, 0.2) is 0 Å². The first-order chi connectivity index (χ1) is 10.6. The largest absolute Gasteiger partial charge is 0.512 e. The molecule has 0 fully saturated rings. The Morgan fingerprint density at radius 1 is 1.23 bits per heavy atom. The number of aliphatic hydroxyl groups excluding tert-OH is 1. The normalized spacial score (nSPS) is 19.3. The number of carbonyl (C=O) groups is 1. The number of carbonyl (C=O) groups excluding carboxylic acids is 1. The first kappa shape index (κ1) is 13.1. The SMILES string of the molecule is O=C1C=C2C=C(O)Cc3c4c(cc(F)c3=C2CO1)=CCCO4. The summed E-state index contributed by atoms with van der Waals surface area (Å²) in [4.78, 5) is 11.4. The Labute approximate surface area is 125 Å². The minimum absolute atomic E-state index is 0.0130. The minimum Gasteiger partial charge on any atom is -0.512 e. The Balaban J connectivity index is 2.14. The molecule has 0 radical (unpaired) electrons. The average Bonchev–Trinajstić information content (AvgIpc) is 2.63. The van der Waals surface area contributed by atoms with Gasteiger partial charge in [0.2, 0.25) is 0 Å². The van der Waals surface area contributed by atoms with Crippen LogP contribution in [0.15, 0.2) is 29.6 Å². The fraction of sp³-hybridized carbons (Fsp3) is 0.235. The summed E-state index contributed by atoms with van der Waals surface area (Å²) in [6.07, 6.45) is 5.59. The molecule has 0 spiro atoms. The second kappa shape index (κ2) is 4.73. The maximum Gasteiger partial charge on any atom is 0.331 e. The van der Waals surface area contributed by atoms with E-state index in [1.165, 1.54) is 18.2 Å². The standard InChI is InChI=1S/C17H13FO4/c18-14-5-9-2-1-3-21-17(9)12-7-11(19)4-10-6-15(20)22-8-13(10)16(12)14/h2,4-6,19H,1,3,7-8H2. The number of fused-ring (bicyclic) bond motifs is 4. The molecule has 22 heavy (non-hydrogen) atoms. The number of allylic oxidation sites excluding steroid dienone is 2. The van der Waals surface area contributed by atoms with Crippen molar-refractivity contribution in [1.29, 1.82) is 0 Å². The molecular weight excluding hydrogens is 287 g/mol. The topological polar surface area (TPSA) is 55.8 Å². The molecule has 4 rings (SSSR count). The zero-order valence-electron chi connectivity index (χ0n) is 11.7. The third kappa shape index (κ3) is 1.93. The molecule has 1 aliphatic carbocycles. The van der Waals surface area contributed by atoms with Crippen LogP contribution in [-0.2, 0) is 16.0 Å². The lowest BCUT2D eigenvalue weighted by Gasteiger charge is -2.18. The van der Waals surface area contributed by atoms with E-state index in [-0.39, 0.29) is 18.8 Å². The molecule has 112 valence electrons. The second-order valence-corrected chi connectivity index (χ2v) is 5.47. The van der Waals surface area contributed by atoms with E-state index >= 15 is 0 Å². The summed E-state index contributed by atoms with van der Waals surface area (Å²) in [5.41, 5.74) is 1.66. The molecule has 0 aromatic heterocycles.